The summed E-state index contributed by atoms with van der Waals surface area (Å²) in [6.45, 7) is 1.92. The largest absolute Gasteiger partial charge is 0.321 e. The zero-order chi connectivity index (χ0) is 18.1. The summed E-state index contributed by atoms with van der Waals surface area (Å²) < 4.78 is 1.73. The Morgan fingerprint density at radius 2 is 2.04 bits per heavy atom. The van der Waals surface area contributed by atoms with E-state index in [0.29, 0.717) is 5.69 Å². The van der Waals surface area contributed by atoms with Gasteiger partial charge < -0.3 is 5.32 Å². The van der Waals surface area contributed by atoms with Crippen molar-refractivity contribution < 1.29 is 4.79 Å². The van der Waals surface area contributed by atoms with Gasteiger partial charge in [0, 0.05) is 35.7 Å². The van der Waals surface area contributed by atoms with Gasteiger partial charge in [0.25, 0.3) is 0 Å². The van der Waals surface area contributed by atoms with E-state index in [9.17, 15) is 4.79 Å². The molecule has 4 rings (SSSR count). The summed E-state index contributed by atoms with van der Waals surface area (Å²) in [5.41, 5.74) is 4.07. The number of carbonyl (C=O) groups excluding carboxylic acids is 1. The molecule has 1 N–H and O–H groups in total. The first-order valence-electron chi connectivity index (χ1n) is 8.24. The highest BCUT2D eigenvalue weighted by Gasteiger charge is 2.08. The van der Waals surface area contributed by atoms with Gasteiger partial charge in [-0.3, -0.25) is 14.5 Å². The van der Waals surface area contributed by atoms with Crippen LogP contribution in [0, 0.1) is 6.92 Å². The topological polar surface area (TPSA) is 72.7 Å². The van der Waals surface area contributed by atoms with Crippen LogP contribution >= 0.6 is 0 Å². The van der Waals surface area contributed by atoms with Crippen LogP contribution in [0.3, 0.4) is 0 Å². The number of nitrogens with zero attached hydrogens (tertiary/aromatic N) is 4. The van der Waals surface area contributed by atoms with Crippen LogP contribution in [0.2, 0.25) is 0 Å². The Morgan fingerprint density at radius 3 is 2.92 bits per heavy atom. The van der Waals surface area contributed by atoms with Crippen molar-refractivity contribution in [3.63, 3.8) is 0 Å². The van der Waals surface area contributed by atoms with Crippen LogP contribution in [-0.2, 0) is 11.8 Å². The highest BCUT2D eigenvalue weighted by atomic mass is 16.1. The first kappa shape index (κ1) is 16.0. The number of pyridine rings is 2. The van der Waals surface area contributed by atoms with Crippen LogP contribution < -0.4 is 5.32 Å². The lowest BCUT2D eigenvalue weighted by atomic mass is 10.1. The molecule has 0 radical (unpaired) electrons. The average molecular weight is 343 g/mol. The van der Waals surface area contributed by atoms with Crippen LogP contribution in [0.15, 0.2) is 54.9 Å². The summed E-state index contributed by atoms with van der Waals surface area (Å²) in [4.78, 5) is 21.0. The second-order valence-electron chi connectivity index (χ2n) is 6.05. The quantitative estimate of drug-likeness (QED) is 0.578. The number of hydrogen-bond acceptors (Lipinski definition) is 4. The molecule has 6 heteroatoms. The van der Waals surface area contributed by atoms with Gasteiger partial charge in [-0.1, -0.05) is 24.3 Å². The average Bonchev–Trinajstić information content (AvgIpc) is 2.93. The molecule has 0 unspecified atom stereocenters. The molecule has 6 nitrogen and oxygen atoms in total. The first-order valence-corrected chi connectivity index (χ1v) is 8.24. The minimum atomic E-state index is -0.222. The molecule has 0 atom stereocenters. The third-order valence-corrected chi connectivity index (χ3v) is 4.21. The van der Waals surface area contributed by atoms with Crippen LogP contribution in [0.5, 0.6) is 0 Å². The van der Waals surface area contributed by atoms with Gasteiger partial charge in [-0.2, -0.15) is 5.10 Å². The van der Waals surface area contributed by atoms with Crippen molar-refractivity contribution in [2.24, 2.45) is 7.05 Å². The third kappa shape index (κ3) is 2.93. The van der Waals surface area contributed by atoms with Gasteiger partial charge in [-0.25, -0.2) is 4.98 Å². The number of amides is 1. The van der Waals surface area contributed by atoms with Crippen molar-refractivity contribution in [3.8, 4) is 0 Å². The number of para-hydroxylation sites is 1. The number of rotatable bonds is 3. The molecular formula is C20H17N5O. The monoisotopic (exact) mass is 343 g/mol. The van der Waals surface area contributed by atoms with E-state index in [0.717, 1.165) is 33.2 Å². The number of hydrogen-bond donors (Lipinski definition) is 1. The minimum Gasteiger partial charge on any atom is -0.321 e. The lowest BCUT2D eigenvalue weighted by Crippen LogP contribution is -2.08. The summed E-state index contributed by atoms with van der Waals surface area (Å²) in [5, 5.41) is 9.14. The fourth-order valence-corrected chi connectivity index (χ4v) is 2.99. The van der Waals surface area contributed by atoms with Crippen molar-refractivity contribution in [2.45, 2.75) is 6.92 Å². The maximum Gasteiger partial charge on any atom is 0.248 e. The van der Waals surface area contributed by atoms with Gasteiger partial charge in [-0.15, -0.1) is 0 Å². The normalized spacial score (nSPS) is 11.5. The zero-order valence-electron chi connectivity index (χ0n) is 14.5. The number of nitrogens with one attached hydrogen (secondary N) is 1. The van der Waals surface area contributed by atoms with Crippen LogP contribution in [-0.4, -0.2) is 25.7 Å². The predicted octanol–water partition coefficient (Wildman–Crippen LogP) is 3.48. The maximum absolute atomic E-state index is 12.3. The van der Waals surface area contributed by atoms with E-state index in [-0.39, 0.29) is 5.91 Å². The first-order chi connectivity index (χ1) is 12.6. The van der Waals surface area contributed by atoms with Crippen molar-refractivity contribution in [1.29, 1.82) is 0 Å². The number of benzene rings is 1. The molecule has 26 heavy (non-hydrogen) atoms. The molecule has 4 aromatic rings. The summed E-state index contributed by atoms with van der Waals surface area (Å²) in [6.07, 6.45) is 6.65. The second kappa shape index (κ2) is 6.40. The fraction of sp³-hybridized carbons (Fsp3) is 0.100. The molecule has 0 bridgehead atoms. The van der Waals surface area contributed by atoms with Crippen molar-refractivity contribution in [3.05, 3.63) is 66.1 Å². The predicted molar refractivity (Wildman–Crippen MR) is 103 cm³/mol. The molecule has 1 amide bonds. The standard InChI is InChI=1S/C20H17N5O/c1-13-17-11-16(12-22-20(17)25(2)24-13)23-18(26)9-8-15-6-3-5-14-7-4-10-21-19(14)15/h3-12H,1-2H3,(H,23,26). The van der Waals surface area contributed by atoms with Crippen molar-refractivity contribution in [2.75, 3.05) is 5.32 Å². The molecule has 0 fully saturated rings. The third-order valence-electron chi connectivity index (χ3n) is 4.21. The van der Waals surface area contributed by atoms with E-state index in [1.165, 1.54) is 6.08 Å². The van der Waals surface area contributed by atoms with E-state index in [1.807, 2.05) is 50.4 Å². The van der Waals surface area contributed by atoms with E-state index >= 15 is 0 Å². The van der Waals surface area contributed by atoms with Crippen LogP contribution in [0.4, 0.5) is 5.69 Å². The molecule has 128 valence electrons. The lowest BCUT2D eigenvalue weighted by molar-refractivity contribution is -0.111. The Bertz CT molecular complexity index is 1150. The number of fused-ring (bicyclic) bond motifs is 2. The van der Waals surface area contributed by atoms with Crippen LogP contribution in [0.25, 0.3) is 28.0 Å². The summed E-state index contributed by atoms with van der Waals surface area (Å²) >= 11 is 0. The Hall–Kier alpha value is -3.54. The molecule has 0 saturated carbocycles. The van der Waals surface area contributed by atoms with E-state index in [2.05, 4.69) is 20.4 Å². The molecule has 3 heterocycles. The van der Waals surface area contributed by atoms with Crippen LogP contribution in [0.1, 0.15) is 11.3 Å². The Balaban J connectivity index is 1.57. The fourth-order valence-electron chi connectivity index (χ4n) is 2.99. The molecular weight excluding hydrogens is 326 g/mol. The highest BCUT2D eigenvalue weighted by molar-refractivity contribution is 6.03. The number of aryl methyl sites for hydroxylation is 2. The Morgan fingerprint density at radius 1 is 1.19 bits per heavy atom. The van der Waals surface area contributed by atoms with E-state index in [1.54, 1.807) is 23.2 Å². The van der Waals surface area contributed by atoms with E-state index in [4.69, 9.17) is 0 Å². The Kier molecular flexibility index (Phi) is 3.93. The number of anilines is 1. The highest BCUT2D eigenvalue weighted by Crippen LogP contribution is 2.20. The van der Waals surface area contributed by atoms with E-state index < -0.39 is 0 Å². The molecule has 0 aliphatic carbocycles. The minimum absolute atomic E-state index is 0.222. The van der Waals surface area contributed by atoms with Crippen molar-refractivity contribution >= 4 is 39.6 Å². The molecule has 0 saturated heterocycles. The van der Waals surface area contributed by atoms with Gasteiger partial charge in [0.2, 0.25) is 5.91 Å². The summed E-state index contributed by atoms with van der Waals surface area (Å²) in [6, 6.07) is 11.7. The molecule has 0 aliphatic rings. The van der Waals surface area contributed by atoms with Gasteiger partial charge in [0.05, 0.1) is 23.1 Å². The van der Waals surface area contributed by atoms with Gasteiger partial charge in [0.1, 0.15) is 0 Å². The van der Waals surface area contributed by atoms with Crippen molar-refractivity contribution in [1.82, 2.24) is 19.7 Å². The lowest BCUT2D eigenvalue weighted by Gasteiger charge is -2.03. The SMILES string of the molecule is Cc1nn(C)c2ncc(NC(=O)C=Cc3cccc4cccnc34)cc12. The molecule has 0 aliphatic heterocycles. The number of aromatic nitrogens is 4. The Labute approximate surface area is 150 Å². The van der Waals surface area contributed by atoms with Gasteiger partial charge in [0.15, 0.2) is 5.65 Å². The summed E-state index contributed by atoms with van der Waals surface area (Å²) in [5.74, 6) is -0.222. The smallest absolute Gasteiger partial charge is 0.248 e. The molecule has 3 aromatic heterocycles. The van der Waals surface area contributed by atoms with Gasteiger partial charge >= 0.3 is 0 Å². The molecule has 1 aromatic carbocycles. The molecule has 0 spiro atoms. The number of carbonyl (C=O) groups is 1. The zero-order valence-corrected chi connectivity index (χ0v) is 14.5. The maximum atomic E-state index is 12.3. The summed E-state index contributed by atoms with van der Waals surface area (Å²) in [7, 11) is 1.85. The second-order valence-corrected chi connectivity index (χ2v) is 6.05. The van der Waals surface area contributed by atoms with Gasteiger partial charge in [-0.05, 0) is 25.1 Å².